The van der Waals surface area contributed by atoms with Crippen LogP contribution in [-0.4, -0.2) is 46.4 Å². The zero-order valence-corrected chi connectivity index (χ0v) is 16.7. The lowest BCUT2D eigenvalue weighted by atomic mass is 9.85. The fourth-order valence-corrected chi connectivity index (χ4v) is 3.30. The molecule has 0 spiro atoms. The molecular formula is C17H27N7O2. The van der Waals surface area contributed by atoms with Gasteiger partial charge in [-0.05, 0) is 31.4 Å². The third kappa shape index (κ3) is 3.17. The first-order valence-electron chi connectivity index (χ1n) is 8.68. The molecule has 0 saturated carbocycles. The minimum Gasteiger partial charge on any atom is -0.444 e. The first-order valence-corrected chi connectivity index (χ1v) is 8.68. The quantitative estimate of drug-likeness (QED) is 0.775. The van der Waals surface area contributed by atoms with Crippen LogP contribution in [0, 0.1) is 5.41 Å². The van der Waals surface area contributed by atoms with Crippen LogP contribution in [-0.2, 0) is 25.4 Å². The molecule has 1 aliphatic rings. The second-order valence-corrected chi connectivity index (χ2v) is 8.81. The molecule has 3 heterocycles. The number of carbonyl (C=O) groups is 1. The molecule has 0 fully saturated rings. The van der Waals surface area contributed by atoms with E-state index in [-0.39, 0.29) is 17.6 Å². The summed E-state index contributed by atoms with van der Waals surface area (Å²) >= 11 is 0. The zero-order chi connectivity index (χ0) is 19.4. The van der Waals surface area contributed by atoms with E-state index in [0.29, 0.717) is 18.2 Å². The molecule has 26 heavy (non-hydrogen) atoms. The summed E-state index contributed by atoms with van der Waals surface area (Å²) in [6.07, 6.45) is -0.324. The highest BCUT2D eigenvalue weighted by Gasteiger charge is 2.46. The van der Waals surface area contributed by atoms with Crippen LogP contribution in [0.4, 0.5) is 4.79 Å². The molecule has 0 N–H and O–H groups in total. The number of nitrogens with zero attached hydrogens (tertiary/aromatic N) is 7. The topological polar surface area (TPSA) is 91.0 Å². The van der Waals surface area contributed by atoms with E-state index in [1.807, 2.05) is 32.4 Å². The van der Waals surface area contributed by atoms with Gasteiger partial charge < -0.3 is 9.30 Å². The molecule has 1 amide bonds. The molecule has 9 nitrogen and oxygen atoms in total. The molecule has 2 aromatic rings. The Morgan fingerprint density at radius 1 is 1.15 bits per heavy atom. The van der Waals surface area contributed by atoms with Gasteiger partial charge >= 0.3 is 6.09 Å². The summed E-state index contributed by atoms with van der Waals surface area (Å²) in [5.74, 6) is 1.13. The van der Waals surface area contributed by atoms with E-state index in [2.05, 4.69) is 36.2 Å². The van der Waals surface area contributed by atoms with Gasteiger partial charge in [-0.15, -0.1) is 10.2 Å². The summed E-state index contributed by atoms with van der Waals surface area (Å²) in [5.41, 5.74) is 1.09. The number of rotatable bonds is 1. The van der Waals surface area contributed by atoms with Crippen molar-refractivity contribution in [3.63, 3.8) is 0 Å². The number of amides is 1. The lowest BCUT2D eigenvalue weighted by Crippen LogP contribution is -2.40. The van der Waals surface area contributed by atoms with E-state index in [4.69, 9.17) is 9.72 Å². The van der Waals surface area contributed by atoms with Gasteiger partial charge in [0.25, 0.3) is 0 Å². The summed E-state index contributed by atoms with van der Waals surface area (Å²) in [5, 5.41) is 12.2. The number of ether oxygens (including phenoxy) is 1. The Bertz CT molecular complexity index is 838. The van der Waals surface area contributed by atoms with Gasteiger partial charge in [-0.25, -0.2) is 9.78 Å². The van der Waals surface area contributed by atoms with Gasteiger partial charge in [-0.1, -0.05) is 20.8 Å². The Balaban J connectivity index is 2.02. The largest absolute Gasteiger partial charge is 0.444 e. The lowest BCUT2D eigenvalue weighted by molar-refractivity contribution is 0.00361. The van der Waals surface area contributed by atoms with Gasteiger partial charge in [0, 0.05) is 7.05 Å². The van der Waals surface area contributed by atoms with Crippen molar-refractivity contribution < 1.29 is 9.53 Å². The summed E-state index contributed by atoms with van der Waals surface area (Å²) in [6.45, 7) is 12.3. The molecule has 142 valence electrons. The van der Waals surface area contributed by atoms with Crippen molar-refractivity contribution in [1.29, 1.82) is 0 Å². The van der Waals surface area contributed by atoms with E-state index in [0.717, 1.165) is 11.4 Å². The van der Waals surface area contributed by atoms with Gasteiger partial charge in [0.05, 0.1) is 31.0 Å². The predicted molar refractivity (Wildman–Crippen MR) is 95.0 cm³/mol. The molecule has 9 heteroatoms. The maximum atomic E-state index is 12.8. The molecule has 2 aromatic heterocycles. The molecule has 0 radical (unpaired) electrons. The molecule has 0 bridgehead atoms. The SMILES string of the molecule is Cn1nnc(-c2nc3c(n2C)CN(C(=O)OC(C)(C)C)C3C(C)(C)C)n1. The maximum absolute atomic E-state index is 12.8. The van der Waals surface area contributed by atoms with Gasteiger partial charge in [0.2, 0.25) is 5.82 Å². The fraction of sp³-hybridized carbons (Fsp3) is 0.706. The van der Waals surface area contributed by atoms with Crippen molar-refractivity contribution in [3.8, 4) is 11.6 Å². The average Bonchev–Trinajstić information content (AvgIpc) is 3.11. The van der Waals surface area contributed by atoms with Crippen LogP contribution in [0.1, 0.15) is 59.0 Å². The summed E-state index contributed by atoms with van der Waals surface area (Å²) in [7, 11) is 3.63. The first kappa shape index (κ1) is 18.3. The van der Waals surface area contributed by atoms with Crippen molar-refractivity contribution in [2.75, 3.05) is 0 Å². The maximum Gasteiger partial charge on any atom is 0.411 e. The Kier molecular flexibility index (Phi) is 4.08. The minimum absolute atomic E-state index is 0.191. The van der Waals surface area contributed by atoms with Crippen molar-refractivity contribution in [3.05, 3.63) is 11.4 Å². The Labute approximate surface area is 153 Å². The standard InChI is InChI=1S/C17H27N7O2/c1-16(2,3)12-11-10(9-24(12)15(25)26-17(4,5)6)22(7)14(18-11)13-19-21-23(8)20-13/h12H,9H2,1-8H3. The number of tetrazole rings is 1. The summed E-state index contributed by atoms with van der Waals surface area (Å²) in [4.78, 5) is 20.7. The minimum atomic E-state index is -0.545. The predicted octanol–water partition coefficient (Wildman–Crippen LogP) is 2.45. The van der Waals surface area contributed by atoms with E-state index >= 15 is 0 Å². The molecule has 1 aliphatic heterocycles. The number of aromatic nitrogens is 6. The lowest BCUT2D eigenvalue weighted by Gasteiger charge is -2.35. The van der Waals surface area contributed by atoms with Gasteiger partial charge in [-0.3, -0.25) is 4.90 Å². The van der Waals surface area contributed by atoms with Crippen LogP contribution in [0.5, 0.6) is 0 Å². The normalized spacial score (nSPS) is 17.5. The van der Waals surface area contributed by atoms with E-state index in [9.17, 15) is 4.79 Å². The summed E-state index contributed by atoms with van der Waals surface area (Å²) in [6, 6.07) is -0.191. The summed E-state index contributed by atoms with van der Waals surface area (Å²) < 4.78 is 7.56. The fourth-order valence-electron chi connectivity index (χ4n) is 3.30. The number of hydrogen-bond donors (Lipinski definition) is 0. The number of carbonyl (C=O) groups excluding carboxylic acids is 1. The molecular weight excluding hydrogens is 334 g/mol. The molecule has 1 atom stereocenters. The monoisotopic (exact) mass is 361 g/mol. The first-order chi connectivity index (χ1) is 11.9. The number of hydrogen-bond acceptors (Lipinski definition) is 6. The number of fused-ring (bicyclic) bond motifs is 1. The molecule has 1 unspecified atom stereocenters. The molecule has 3 rings (SSSR count). The smallest absolute Gasteiger partial charge is 0.411 e. The highest BCUT2D eigenvalue weighted by Crippen LogP contribution is 2.45. The van der Waals surface area contributed by atoms with Crippen LogP contribution in [0.25, 0.3) is 11.6 Å². The number of imidazole rings is 1. The van der Waals surface area contributed by atoms with Crippen LogP contribution in [0.3, 0.4) is 0 Å². The Morgan fingerprint density at radius 3 is 2.31 bits per heavy atom. The van der Waals surface area contributed by atoms with Crippen LogP contribution in [0.15, 0.2) is 0 Å². The molecule has 0 saturated heterocycles. The number of aryl methyl sites for hydroxylation is 1. The van der Waals surface area contributed by atoms with Gasteiger partial charge in [-0.2, -0.15) is 4.80 Å². The molecule has 0 aromatic carbocycles. The Morgan fingerprint density at radius 2 is 1.81 bits per heavy atom. The van der Waals surface area contributed by atoms with Gasteiger partial charge in [0.1, 0.15) is 5.60 Å². The average molecular weight is 361 g/mol. The Hall–Kier alpha value is -2.45. The van der Waals surface area contributed by atoms with Crippen molar-refractivity contribution in [1.82, 2.24) is 34.7 Å². The third-order valence-corrected chi connectivity index (χ3v) is 4.29. The highest BCUT2D eigenvalue weighted by molar-refractivity contribution is 5.70. The van der Waals surface area contributed by atoms with E-state index in [1.54, 1.807) is 11.9 Å². The highest BCUT2D eigenvalue weighted by atomic mass is 16.6. The zero-order valence-electron chi connectivity index (χ0n) is 16.7. The van der Waals surface area contributed by atoms with Crippen LogP contribution >= 0.6 is 0 Å². The molecule has 0 aliphatic carbocycles. The second kappa shape index (κ2) is 5.78. The van der Waals surface area contributed by atoms with Gasteiger partial charge in [0.15, 0.2) is 5.82 Å². The van der Waals surface area contributed by atoms with E-state index < -0.39 is 5.60 Å². The van der Waals surface area contributed by atoms with E-state index in [1.165, 1.54) is 4.80 Å². The van der Waals surface area contributed by atoms with Crippen molar-refractivity contribution in [2.45, 2.75) is 59.7 Å². The third-order valence-electron chi connectivity index (χ3n) is 4.29. The van der Waals surface area contributed by atoms with Crippen molar-refractivity contribution >= 4 is 6.09 Å². The van der Waals surface area contributed by atoms with Crippen LogP contribution < -0.4 is 0 Å². The second-order valence-electron chi connectivity index (χ2n) is 8.81. The van der Waals surface area contributed by atoms with Crippen molar-refractivity contribution in [2.24, 2.45) is 19.5 Å². The van der Waals surface area contributed by atoms with Crippen LogP contribution in [0.2, 0.25) is 0 Å².